The van der Waals surface area contributed by atoms with Gasteiger partial charge in [-0.2, -0.15) is 0 Å². The lowest BCUT2D eigenvalue weighted by Gasteiger charge is -2.22. The highest BCUT2D eigenvalue weighted by Crippen LogP contribution is 2.11. The van der Waals surface area contributed by atoms with Gasteiger partial charge in [-0.3, -0.25) is 9.59 Å². The Morgan fingerprint density at radius 3 is 2.33 bits per heavy atom. The van der Waals surface area contributed by atoms with Crippen LogP contribution in [0.25, 0.3) is 0 Å². The van der Waals surface area contributed by atoms with Gasteiger partial charge in [0.05, 0.1) is 0 Å². The molecule has 0 aliphatic heterocycles. The van der Waals surface area contributed by atoms with Crippen LogP contribution in [-0.2, 0) is 22.7 Å². The van der Waals surface area contributed by atoms with E-state index in [4.69, 9.17) is 0 Å². The van der Waals surface area contributed by atoms with Gasteiger partial charge in [0.1, 0.15) is 0 Å². The molecule has 0 atom stereocenters. The minimum Gasteiger partial charge on any atom is -0.352 e. The topological polar surface area (TPSA) is 49.4 Å². The average Bonchev–Trinajstić information content (AvgIpc) is 2.59. The van der Waals surface area contributed by atoms with E-state index in [1.54, 1.807) is 11.8 Å². The van der Waals surface area contributed by atoms with E-state index in [9.17, 15) is 9.59 Å². The molecule has 4 nitrogen and oxygen atoms in total. The lowest BCUT2D eigenvalue weighted by molar-refractivity contribution is -0.130. The van der Waals surface area contributed by atoms with Crippen LogP contribution in [0.15, 0.2) is 54.6 Å². The van der Waals surface area contributed by atoms with Crippen molar-refractivity contribution in [3.05, 3.63) is 71.3 Å². The van der Waals surface area contributed by atoms with Crippen LogP contribution in [0.4, 0.5) is 0 Å². The largest absolute Gasteiger partial charge is 0.352 e. The summed E-state index contributed by atoms with van der Waals surface area (Å²) in [5.74, 6) is -0.0657. The fraction of sp³-hybridized carbons (Fsp3) is 0.300. The maximum Gasteiger partial charge on any atom is 0.222 e. The van der Waals surface area contributed by atoms with Gasteiger partial charge in [-0.15, -0.1) is 0 Å². The van der Waals surface area contributed by atoms with Gasteiger partial charge in [0.25, 0.3) is 0 Å². The number of carbonyl (C=O) groups is 2. The Morgan fingerprint density at radius 1 is 1.00 bits per heavy atom. The second kappa shape index (κ2) is 8.87. The first-order valence-corrected chi connectivity index (χ1v) is 8.17. The van der Waals surface area contributed by atoms with Crippen LogP contribution in [0.5, 0.6) is 0 Å². The fourth-order valence-electron chi connectivity index (χ4n) is 2.46. The molecule has 0 aliphatic rings. The van der Waals surface area contributed by atoms with E-state index in [0.29, 0.717) is 26.1 Å². The number of hydrogen-bond donors (Lipinski definition) is 1. The number of nitrogens with zero attached hydrogens (tertiary/aromatic N) is 1. The van der Waals surface area contributed by atoms with Crippen molar-refractivity contribution in [2.45, 2.75) is 33.4 Å². The number of aryl methyl sites for hydroxylation is 1. The number of rotatable bonds is 7. The number of carbonyl (C=O) groups excluding carboxylic acids is 2. The van der Waals surface area contributed by atoms with Crippen molar-refractivity contribution in [3.63, 3.8) is 0 Å². The SMILES string of the molecule is CC(=O)N(CCC(=O)NCc1ccccc1)Cc1ccccc1C. The maximum atomic E-state index is 12.0. The fourth-order valence-corrected chi connectivity index (χ4v) is 2.46. The molecule has 2 aromatic rings. The van der Waals surface area contributed by atoms with Gasteiger partial charge >= 0.3 is 0 Å². The molecule has 0 heterocycles. The Balaban J connectivity index is 1.84. The van der Waals surface area contributed by atoms with Gasteiger partial charge in [0, 0.05) is 33.0 Å². The quantitative estimate of drug-likeness (QED) is 0.851. The number of nitrogens with one attached hydrogen (secondary N) is 1. The summed E-state index contributed by atoms with van der Waals surface area (Å²) in [4.78, 5) is 25.6. The Kier molecular flexibility index (Phi) is 6.55. The first-order chi connectivity index (χ1) is 11.6. The first-order valence-electron chi connectivity index (χ1n) is 8.17. The van der Waals surface area contributed by atoms with Crippen molar-refractivity contribution < 1.29 is 9.59 Å². The molecule has 2 rings (SSSR count). The predicted molar refractivity (Wildman–Crippen MR) is 95.2 cm³/mol. The molecule has 0 aromatic heterocycles. The molecular formula is C20H24N2O2. The van der Waals surface area contributed by atoms with Crippen LogP contribution in [0.2, 0.25) is 0 Å². The molecule has 2 aromatic carbocycles. The van der Waals surface area contributed by atoms with Crippen molar-refractivity contribution in [1.29, 1.82) is 0 Å². The molecule has 0 unspecified atom stereocenters. The Morgan fingerprint density at radius 2 is 1.67 bits per heavy atom. The van der Waals surface area contributed by atoms with E-state index in [1.807, 2.05) is 61.5 Å². The van der Waals surface area contributed by atoms with E-state index in [1.165, 1.54) is 0 Å². The van der Waals surface area contributed by atoms with Gasteiger partial charge in [-0.25, -0.2) is 0 Å². The Labute approximate surface area is 143 Å². The smallest absolute Gasteiger partial charge is 0.222 e. The minimum atomic E-state index is -0.0464. The van der Waals surface area contributed by atoms with Gasteiger partial charge in [0.15, 0.2) is 0 Å². The molecule has 24 heavy (non-hydrogen) atoms. The molecule has 0 saturated heterocycles. The van der Waals surface area contributed by atoms with Crippen molar-refractivity contribution in [2.24, 2.45) is 0 Å². The van der Waals surface area contributed by atoms with E-state index in [0.717, 1.165) is 16.7 Å². The monoisotopic (exact) mass is 324 g/mol. The third kappa shape index (κ3) is 5.54. The van der Waals surface area contributed by atoms with Gasteiger partial charge in [-0.1, -0.05) is 54.6 Å². The van der Waals surface area contributed by atoms with Gasteiger partial charge < -0.3 is 10.2 Å². The molecule has 1 N–H and O–H groups in total. The van der Waals surface area contributed by atoms with Crippen LogP contribution in [0.3, 0.4) is 0 Å². The molecule has 0 saturated carbocycles. The maximum absolute atomic E-state index is 12.0. The highest BCUT2D eigenvalue weighted by molar-refractivity contribution is 5.78. The Bertz CT molecular complexity index is 683. The second-order valence-corrected chi connectivity index (χ2v) is 5.88. The summed E-state index contributed by atoms with van der Waals surface area (Å²) < 4.78 is 0. The number of benzene rings is 2. The summed E-state index contributed by atoms with van der Waals surface area (Å²) >= 11 is 0. The van der Waals surface area contributed by atoms with Crippen LogP contribution in [-0.4, -0.2) is 23.3 Å². The normalized spacial score (nSPS) is 10.2. The van der Waals surface area contributed by atoms with Gasteiger partial charge in [-0.05, 0) is 23.6 Å². The van der Waals surface area contributed by atoms with Crippen LogP contribution >= 0.6 is 0 Å². The third-order valence-corrected chi connectivity index (χ3v) is 4.01. The molecule has 0 spiro atoms. The zero-order chi connectivity index (χ0) is 17.4. The van der Waals surface area contributed by atoms with E-state index in [2.05, 4.69) is 5.32 Å². The number of hydrogen-bond acceptors (Lipinski definition) is 2. The molecule has 126 valence electrons. The summed E-state index contributed by atoms with van der Waals surface area (Å²) in [5, 5.41) is 2.89. The lowest BCUT2D eigenvalue weighted by atomic mass is 10.1. The van der Waals surface area contributed by atoms with Crippen LogP contribution < -0.4 is 5.32 Å². The summed E-state index contributed by atoms with van der Waals surface area (Å²) in [6, 6.07) is 17.8. The number of amides is 2. The van der Waals surface area contributed by atoms with E-state index >= 15 is 0 Å². The molecule has 2 amide bonds. The van der Waals surface area contributed by atoms with Crippen molar-refractivity contribution in [2.75, 3.05) is 6.54 Å². The Hall–Kier alpha value is -2.62. The summed E-state index contributed by atoms with van der Waals surface area (Å²) in [7, 11) is 0. The minimum absolute atomic E-state index is 0.0193. The summed E-state index contributed by atoms with van der Waals surface area (Å²) in [6.07, 6.45) is 0.304. The second-order valence-electron chi connectivity index (χ2n) is 5.88. The zero-order valence-corrected chi connectivity index (χ0v) is 14.3. The highest BCUT2D eigenvalue weighted by Gasteiger charge is 2.12. The molecule has 0 fully saturated rings. The summed E-state index contributed by atoms with van der Waals surface area (Å²) in [5.41, 5.74) is 3.32. The lowest BCUT2D eigenvalue weighted by Crippen LogP contribution is -2.33. The molecule has 0 aliphatic carbocycles. The van der Waals surface area contributed by atoms with Gasteiger partial charge in [0.2, 0.25) is 11.8 Å². The third-order valence-electron chi connectivity index (χ3n) is 4.01. The molecule has 0 radical (unpaired) electrons. The standard InChI is InChI=1S/C20H24N2O2/c1-16-8-6-7-11-19(16)15-22(17(2)23)13-12-20(24)21-14-18-9-4-3-5-10-18/h3-11H,12-15H2,1-2H3,(H,21,24). The van der Waals surface area contributed by atoms with Crippen molar-refractivity contribution >= 4 is 11.8 Å². The van der Waals surface area contributed by atoms with E-state index in [-0.39, 0.29) is 11.8 Å². The van der Waals surface area contributed by atoms with Crippen molar-refractivity contribution in [3.8, 4) is 0 Å². The summed E-state index contributed by atoms with van der Waals surface area (Å²) in [6.45, 7) is 5.04. The van der Waals surface area contributed by atoms with E-state index < -0.39 is 0 Å². The van der Waals surface area contributed by atoms with Crippen molar-refractivity contribution in [1.82, 2.24) is 10.2 Å². The zero-order valence-electron chi connectivity index (χ0n) is 14.3. The molecular weight excluding hydrogens is 300 g/mol. The molecule has 4 heteroatoms. The average molecular weight is 324 g/mol. The highest BCUT2D eigenvalue weighted by atomic mass is 16.2. The van der Waals surface area contributed by atoms with Crippen LogP contribution in [0, 0.1) is 6.92 Å². The predicted octanol–water partition coefficient (Wildman–Crippen LogP) is 3.05. The first kappa shape index (κ1) is 17.7. The van der Waals surface area contributed by atoms with Crippen LogP contribution in [0.1, 0.15) is 30.0 Å². The molecule has 0 bridgehead atoms.